The fourth-order valence-electron chi connectivity index (χ4n) is 2.05. The van der Waals surface area contributed by atoms with Gasteiger partial charge in [0.15, 0.2) is 6.54 Å². The van der Waals surface area contributed by atoms with Crippen LogP contribution in [0.15, 0.2) is 33.3 Å². The number of ether oxygens (including phenoxy) is 3. The lowest BCUT2D eigenvalue weighted by Crippen LogP contribution is -2.15. The van der Waals surface area contributed by atoms with Gasteiger partial charge in [0.05, 0.1) is 17.1 Å². The molecular weight excluding hydrogens is 441 g/mol. The van der Waals surface area contributed by atoms with Crippen LogP contribution >= 0.6 is 15.9 Å². The van der Waals surface area contributed by atoms with Crippen molar-refractivity contribution >= 4 is 21.9 Å². The monoisotopic (exact) mass is 455 g/mol. The normalized spacial score (nSPS) is 10.7. The predicted molar refractivity (Wildman–Crippen MR) is 95.0 cm³/mol. The molecular formula is C16H15BrFN5O5. The van der Waals surface area contributed by atoms with E-state index in [1.165, 1.54) is 18.2 Å². The van der Waals surface area contributed by atoms with E-state index in [0.717, 1.165) is 4.80 Å². The van der Waals surface area contributed by atoms with E-state index >= 15 is 0 Å². The smallest absolute Gasteiger partial charge is 0.329 e. The third kappa shape index (κ3) is 5.25. The van der Waals surface area contributed by atoms with Crippen molar-refractivity contribution in [2.75, 3.05) is 19.8 Å². The number of aromatic nitrogens is 5. The minimum atomic E-state index is -0.474. The summed E-state index contributed by atoms with van der Waals surface area (Å²) in [6.07, 6.45) is 0. The maximum absolute atomic E-state index is 13.2. The highest BCUT2D eigenvalue weighted by molar-refractivity contribution is 9.10. The second-order valence-electron chi connectivity index (χ2n) is 5.25. The molecule has 0 saturated heterocycles. The Morgan fingerprint density at radius 3 is 2.93 bits per heavy atom. The van der Waals surface area contributed by atoms with Gasteiger partial charge in [0.2, 0.25) is 11.6 Å². The van der Waals surface area contributed by atoms with Gasteiger partial charge in [-0.2, -0.15) is 4.80 Å². The molecule has 1 aromatic carbocycles. The van der Waals surface area contributed by atoms with Crippen molar-refractivity contribution in [2.45, 2.75) is 13.5 Å². The molecule has 0 aliphatic heterocycles. The summed E-state index contributed by atoms with van der Waals surface area (Å²) in [4.78, 5) is 12.5. The van der Waals surface area contributed by atoms with Crippen LogP contribution in [0.5, 0.6) is 11.6 Å². The molecule has 148 valence electrons. The quantitative estimate of drug-likeness (QED) is 0.353. The number of carbonyl (C=O) groups excluding carboxylic acids is 1. The van der Waals surface area contributed by atoms with Crippen LogP contribution in [0, 0.1) is 5.82 Å². The van der Waals surface area contributed by atoms with E-state index in [4.69, 9.17) is 18.7 Å². The SMILES string of the molecule is CCOC(=O)Cn1nnc(-c2cc(OCCOc3cc(F)ccc3Br)no2)n1. The molecule has 0 spiro atoms. The summed E-state index contributed by atoms with van der Waals surface area (Å²) < 4.78 is 34.6. The van der Waals surface area contributed by atoms with E-state index in [0.29, 0.717) is 10.2 Å². The number of hydrogen-bond acceptors (Lipinski definition) is 9. The van der Waals surface area contributed by atoms with Gasteiger partial charge in [0, 0.05) is 6.07 Å². The first-order valence-corrected chi connectivity index (χ1v) is 8.95. The van der Waals surface area contributed by atoms with E-state index in [-0.39, 0.29) is 43.8 Å². The largest absolute Gasteiger partial charge is 0.489 e. The van der Waals surface area contributed by atoms with Crippen LogP contribution in [0.25, 0.3) is 11.6 Å². The average molecular weight is 456 g/mol. The van der Waals surface area contributed by atoms with Gasteiger partial charge in [-0.25, -0.2) is 9.18 Å². The van der Waals surface area contributed by atoms with Gasteiger partial charge in [0.1, 0.15) is 24.8 Å². The second-order valence-corrected chi connectivity index (χ2v) is 6.10. The summed E-state index contributed by atoms with van der Waals surface area (Å²) in [5.74, 6) is 0.0535. The van der Waals surface area contributed by atoms with E-state index in [2.05, 4.69) is 36.5 Å². The van der Waals surface area contributed by atoms with Crippen LogP contribution in [0.4, 0.5) is 4.39 Å². The van der Waals surface area contributed by atoms with Gasteiger partial charge in [-0.1, -0.05) is 0 Å². The summed E-state index contributed by atoms with van der Waals surface area (Å²) in [5, 5.41) is 15.3. The lowest BCUT2D eigenvalue weighted by atomic mass is 10.3. The Hall–Kier alpha value is -3.02. The van der Waals surface area contributed by atoms with Crippen molar-refractivity contribution in [3.05, 3.63) is 34.6 Å². The second kappa shape index (κ2) is 9.26. The van der Waals surface area contributed by atoms with Gasteiger partial charge in [-0.3, -0.25) is 0 Å². The number of nitrogens with zero attached hydrogens (tertiary/aromatic N) is 5. The molecule has 3 rings (SSSR count). The molecule has 0 aliphatic carbocycles. The molecule has 28 heavy (non-hydrogen) atoms. The van der Waals surface area contributed by atoms with Crippen LogP contribution in [0.3, 0.4) is 0 Å². The van der Waals surface area contributed by atoms with Gasteiger partial charge in [0.25, 0.3) is 5.88 Å². The summed E-state index contributed by atoms with van der Waals surface area (Å²) in [7, 11) is 0. The van der Waals surface area contributed by atoms with Crippen molar-refractivity contribution in [2.24, 2.45) is 0 Å². The Labute approximate surface area is 166 Å². The van der Waals surface area contributed by atoms with Crippen LogP contribution in [0.1, 0.15) is 6.92 Å². The Morgan fingerprint density at radius 2 is 2.11 bits per heavy atom. The van der Waals surface area contributed by atoms with Gasteiger partial charge in [-0.15, -0.1) is 10.2 Å². The Morgan fingerprint density at radius 1 is 1.29 bits per heavy atom. The third-order valence-corrected chi connectivity index (χ3v) is 3.88. The fourth-order valence-corrected chi connectivity index (χ4v) is 2.41. The first-order valence-electron chi connectivity index (χ1n) is 8.16. The molecule has 0 amide bonds. The first kappa shape index (κ1) is 19.7. The topological polar surface area (TPSA) is 114 Å². The number of benzene rings is 1. The standard InChI is InChI=1S/C16H15BrFN5O5/c1-2-25-15(24)9-23-20-16(19-22-23)13-8-14(21-28-13)27-6-5-26-12-7-10(18)3-4-11(12)17/h3-4,7-8H,2,5-6,9H2,1H3. The number of halogens is 2. The minimum absolute atomic E-state index is 0.145. The van der Waals surface area contributed by atoms with Crippen molar-refractivity contribution in [1.82, 2.24) is 25.4 Å². The zero-order chi connectivity index (χ0) is 19.9. The highest BCUT2D eigenvalue weighted by atomic mass is 79.9. The molecule has 10 nitrogen and oxygen atoms in total. The number of tetrazole rings is 1. The average Bonchev–Trinajstić information content (AvgIpc) is 3.31. The number of rotatable bonds is 9. The van der Waals surface area contributed by atoms with E-state index in [1.54, 1.807) is 13.0 Å². The maximum Gasteiger partial charge on any atom is 0.329 e. The van der Waals surface area contributed by atoms with Crippen LogP contribution in [0.2, 0.25) is 0 Å². The molecule has 0 aliphatic rings. The Kier molecular flexibility index (Phi) is 6.53. The highest BCUT2D eigenvalue weighted by Crippen LogP contribution is 2.25. The Balaban J connectivity index is 1.50. The first-order chi connectivity index (χ1) is 13.5. The van der Waals surface area contributed by atoms with Crippen molar-refractivity contribution in [3.8, 4) is 23.2 Å². The molecule has 0 fully saturated rings. The molecule has 0 unspecified atom stereocenters. The van der Waals surface area contributed by atoms with E-state index in [9.17, 15) is 9.18 Å². The fraction of sp³-hybridized carbons (Fsp3) is 0.312. The van der Waals surface area contributed by atoms with Crippen LogP contribution in [-0.2, 0) is 16.1 Å². The zero-order valence-electron chi connectivity index (χ0n) is 14.7. The molecule has 12 heteroatoms. The molecule has 0 N–H and O–H groups in total. The lowest BCUT2D eigenvalue weighted by Gasteiger charge is -2.08. The van der Waals surface area contributed by atoms with E-state index < -0.39 is 11.8 Å². The molecule has 3 aromatic rings. The van der Waals surface area contributed by atoms with Crippen molar-refractivity contribution in [1.29, 1.82) is 0 Å². The lowest BCUT2D eigenvalue weighted by molar-refractivity contribution is -0.144. The molecule has 2 heterocycles. The van der Waals surface area contributed by atoms with Crippen molar-refractivity contribution in [3.63, 3.8) is 0 Å². The highest BCUT2D eigenvalue weighted by Gasteiger charge is 2.15. The summed E-state index contributed by atoms with van der Waals surface area (Å²) in [6.45, 7) is 2.13. The van der Waals surface area contributed by atoms with Gasteiger partial charge >= 0.3 is 5.97 Å². The van der Waals surface area contributed by atoms with E-state index in [1.807, 2.05) is 0 Å². The maximum atomic E-state index is 13.2. The predicted octanol–water partition coefficient (Wildman–Crippen LogP) is 2.25. The van der Waals surface area contributed by atoms with Crippen molar-refractivity contribution < 1.29 is 27.9 Å². The van der Waals surface area contributed by atoms with Gasteiger partial charge in [-0.05, 0) is 45.4 Å². The Bertz CT molecular complexity index is 947. The third-order valence-electron chi connectivity index (χ3n) is 3.22. The molecule has 0 bridgehead atoms. The minimum Gasteiger partial charge on any atom is -0.489 e. The van der Waals surface area contributed by atoms with Crippen LogP contribution < -0.4 is 9.47 Å². The number of esters is 1. The van der Waals surface area contributed by atoms with Crippen LogP contribution in [-0.4, -0.2) is 51.2 Å². The summed E-state index contributed by atoms with van der Waals surface area (Å²) >= 11 is 3.27. The summed E-state index contributed by atoms with van der Waals surface area (Å²) in [5.41, 5.74) is 0. The number of hydrogen-bond donors (Lipinski definition) is 0. The molecule has 0 atom stereocenters. The zero-order valence-corrected chi connectivity index (χ0v) is 16.3. The molecule has 0 saturated carbocycles. The number of carbonyl (C=O) groups is 1. The molecule has 2 aromatic heterocycles. The summed E-state index contributed by atoms with van der Waals surface area (Å²) in [6, 6.07) is 5.62. The molecule has 0 radical (unpaired) electrons. The van der Waals surface area contributed by atoms with Gasteiger partial charge < -0.3 is 18.7 Å².